The van der Waals surface area contributed by atoms with Crippen molar-refractivity contribution in [3.63, 3.8) is 0 Å². The summed E-state index contributed by atoms with van der Waals surface area (Å²) in [6.07, 6.45) is 2.14. The molecular weight excluding hydrogens is 295 g/mol. The lowest BCUT2D eigenvalue weighted by atomic mass is 10.0. The molecule has 0 aromatic heterocycles. The minimum absolute atomic E-state index is 0.0520. The maximum atomic E-state index is 13.4. The van der Waals surface area contributed by atoms with Crippen molar-refractivity contribution >= 4 is 17.5 Å². The smallest absolute Gasteiger partial charge is 0.303 e. The molecule has 0 spiro atoms. The molecule has 0 bridgehead atoms. The van der Waals surface area contributed by atoms with Gasteiger partial charge in [0.05, 0.1) is 6.42 Å². The Morgan fingerprint density at radius 3 is 2.48 bits per heavy atom. The summed E-state index contributed by atoms with van der Waals surface area (Å²) in [4.78, 5) is 19.6. The van der Waals surface area contributed by atoms with Crippen LogP contribution in [-0.2, 0) is 4.79 Å². The SMILES string of the molecule is CN=C(N=C(CCC(=O)O)CCC(C)C)c1ccc(F)c(C)c1. The van der Waals surface area contributed by atoms with Gasteiger partial charge in [-0.1, -0.05) is 13.8 Å². The number of halogens is 1. The Labute approximate surface area is 137 Å². The zero-order valence-electron chi connectivity index (χ0n) is 14.3. The number of benzene rings is 1. The average molecular weight is 320 g/mol. The predicted molar refractivity (Wildman–Crippen MR) is 92.0 cm³/mol. The fraction of sp³-hybridized carbons (Fsp3) is 0.500. The van der Waals surface area contributed by atoms with Crippen LogP contribution in [0, 0.1) is 18.7 Å². The number of amidine groups is 1. The zero-order chi connectivity index (χ0) is 17.4. The first-order valence-electron chi connectivity index (χ1n) is 7.85. The van der Waals surface area contributed by atoms with Crippen LogP contribution in [0.5, 0.6) is 0 Å². The molecule has 0 atom stereocenters. The maximum absolute atomic E-state index is 13.4. The normalized spacial score (nSPS) is 12.8. The summed E-state index contributed by atoms with van der Waals surface area (Å²) in [5.41, 5.74) is 2.10. The van der Waals surface area contributed by atoms with Gasteiger partial charge in [-0.2, -0.15) is 0 Å². The Morgan fingerprint density at radius 2 is 1.96 bits per heavy atom. The van der Waals surface area contributed by atoms with Gasteiger partial charge >= 0.3 is 5.97 Å². The Bertz CT molecular complexity index is 607. The highest BCUT2D eigenvalue weighted by atomic mass is 19.1. The molecule has 0 unspecified atom stereocenters. The monoisotopic (exact) mass is 320 g/mol. The summed E-state index contributed by atoms with van der Waals surface area (Å²) in [5, 5.41) is 8.89. The molecule has 0 aliphatic carbocycles. The molecule has 0 saturated carbocycles. The molecule has 1 aromatic carbocycles. The summed E-state index contributed by atoms with van der Waals surface area (Å²) in [6.45, 7) is 5.93. The van der Waals surface area contributed by atoms with E-state index in [0.29, 0.717) is 23.7 Å². The van der Waals surface area contributed by atoms with E-state index < -0.39 is 5.97 Å². The number of hydrogen-bond acceptors (Lipinski definition) is 2. The second-order valence-electron chi connectivity index (χ2n) is 6.02. The molecule has 1 rings (SSSR count). The third-order valence-electron chi connectivity index (χ3n) is 3.53. The fourth-order valence-corrected chi connectivity index (χ4v) is 2.12. The van der Waals surface area contributed by atoms with Crippen LogP contribution < -0.4 is 0 Å². The summed E-state index contributed by atoms with van der Waals surface area (Å²) in [5.74, 6) is -0.0775. The first-order chi connectivity index (χ1) is 10.8. The molecule has 0 heterocycles. The summed E-state index contributed by atoms with van der Waals surface area (Å²) in [6, 6.07) is 4.75. The van der Waals surface area contributed by atoms with E-state index >= 15 is 0 Å². The number of carbonyl (C=O) groups is 1. The van der Waals surface area contributed by atoms with E-state index in [1.54, 1.807) is 26.1 Å². The van der Waals surface area contributed by atoms with Gasteiger partial charge in [0.25, 0.3) is 0 Å². The molecule has 0 saturated heterocycles. The second-order valence-corrected chi connectivity index (χ2v) is 6.02. The maximum Gasteiger partial charge on any atom is 0.303 e. The highest BCUT2D eigenvalue weighted by molar-refractivity contribution is 6.07. The van der Waals surface area contributed by atoms with Crippen LogP contribution in [-0.4, -0.2) is 29.7 Å². The Morgan fingerprint density at radius 1 is 1.26 bits per heavy atom. The van der Waals surface area contributed by atoms with Crippen molar-refractivity contribution < 1.29 is 14.3 Å². The Hall–Kier alpha value is -2.04. The standard InChI is InChI=1S/C18H25FN2O2/c1-12(2)5-7-15(8-10-17(22)23)21-18(20-4)14-6-9-16(19)13(3)11-14/h6,9,11-12H,5,7-8,10H2,1-4H3,(H,22,23). The number of aryl methyl sites for hydroxylation is 1. The van der Waals surface area contributed by atoms with Crippen LogP contribution in [0.3, 0.4) is 0 Å². The summed E-state index contributed by atoms with van der Waals surface area (Å²) >= 11 is 0. The van der Waals surface area contributed by atoms with Gasteiger partial charge in [0.2, 0.25) is 0 Å². The summed E-state index contributed by atoms with van der Waals surface area (Å²) < 4.78 is 13.4. The number of nitrogens with zero attached hydrogens (tertiary/aromatic N) is 2. The molecular formula is C18H25FN2O2. The lowest BCUT2D eigenvalue weighted by Crippen LogP contribution is -2.09. The second kappa shape index (κ2) is 9.18. The minimum Gasteiger partial charge on any atom is -0.481 e. The van der Waals surface area contributed by atoms with E-state index in [0.717, 1.165) is 24.1 Å². The van der Waals surface area contributed by atoms with Crippen molar-refractivity contribution in [3.8, 4) is 0 Å². The molecule has 5 heteroatoms. The van der Waals surface area contributed by atoms with E-state index in [9.17, 15) is 9.18 Å². The quantitative estimate of drug-likeness (QED) is 0.603. The predicted octanol–water partition coefficient (Wildman–Crippen LogP) is 4.25. The molecule has 126 valence electrons. The van der Waals surface area contributed by atoms with Gasteiger partial charge in [-0.15, -0.1) is 0 Å². The number of carboxylic acids is 1. The number of carboxylic acid groups (broad SMARTS) is 1. The highest BCUT2D eigenvalue weighted by Gasteiger charge is 2.10. The molecule has 4 nitrogen and oxygen atoms in total. The van der Waals surface area contributed by atoms with Crippen molar-refractivity contribution in [2.75, 3.05) is 7.05 Å². The number of rotatable bonds is 7. The van der Waals surface area contributed by atoms with Crippen molar-refractivity contribution in [1.29, 1.82) is 0 Å². The van der Waals surface area contributed by atoms with Gasteiger partial charge in [-0.25, -0.2) is 9.38 Å². The molecule has 0 aliphatic rings. The number of hydrogen-bond donors (Lipinski definition) is 1. The van der Waals surface area contributed by atoms with Crippen LogP contribution in [0.1, 0.15) is 50.7 Å². The molecule has 1 N–H and O–H groups in total. The van der Waals surface area contributed by atoms with E-state index in [4.69, 9.17) is 5.11 Å². The Balaban J connectivity index is 3.03. The molecule has 1 aromatic rings. The topological polar surface area (TPSA) is 62.0 Å². The van der Waals surface area contributed by atoms with Gasteiger partial charge in [0, 0.05) is 18.3 Å². The van der Waals surface area contributed by atoms with Gasteiger partial charge in [-0.05, 0) is 55.9 Å². The van der Waals surface area contributed by atoms with Gasteiger partial charge < -0.3 is 5.11 Å². The van der Waals surface area contributed by atoms with Crippen LogP contribution in [0.2, 0.25) is 0 Å². The third-order valence-corrected chi connectivity index (χ3v) is 3.53. The zero-order valence-corrected chi connectivity index (χ0v) is 14.3. The van der Waals surface area contributed by atoms with Crippen LogP contribution in [0.15, 0.2) is 28.2 Å². The largest absolute Gasteiger partial charge is 0.481 e. The highest BCUT2D eigenvalue weighted by Crippen LogP contribution is 2.14. The van der Waals surface area contributed by atoms with Crippen molar-refractivity contribution in [2.45, 2.75) is 46.5 Å². The first kappa shape index (κ1) is 19.0. The van der Waals surface area contributed by atoms with Gasteiger partial charge in [0.15, 0.2) is 5.84 Å². The van der Waals surface area contributed by atoms with Gasteiger partial charge in [-0.3, -0.25) is 9.79 Å². The average Bonchev–Trinajstić information content (AvgIpc) is 2.49. The number of aliphatic imine (C=N–C) groups is 2. The number of aliphatic carboxylic acids is 1. The van der Waals surface area contributed by atoms with E-state index in [1.165, 1.54) is 6.07 Å². The molecule has 0 aliphatic heterocycles. The minimum atomic E-state index is -0.838. The third kappa shape index (κ3) is 6.72. The summed E-state index contributed by atoms with van der Waals surface area (Å²) in [7, 11) is 1.63. The first-order valence-corrected chi connectivity index (χ1v) is 7.85. The van der Waals surface area contributed by atoms with Gasteiger partial charge in [0.1, 0.15) is 5.82 Å². The van der Waals surface area contributed by atoms with Crippen molar-refractivity contribution in [3.05, 3.63) is 35.1 Å². The van der Waals surface area contributed by atoms with E-state index in [-0.39, 0.29) is 12.2 Å². The lowest BCUT2D eigenvalue weighted by molar-refractivity contribution is -0.136. The molecule has 0 amide bonds. The molecule has 23 heavy (non-hydrogen) atoms. The Kier molecular flexibility index (Phi) is 7.59. The van der Waals surface area contributed by atoms with Crippen LogP contribution in [0.4, 0.5) is 4.39 Å². The molecule has 0 radical (unpaired) electrons. The van der Waals surface area contributed by atoms with E-state index in [2.05, 4.69) is 23.8 Å². The van der Waals surface area contributed by atoms with Crippen molar-refractivity contribution in [2.24, 2.45) is 15.9 Å². The van der Waals surface area contributed by atoms with Crippen LogP contribution >= 0.6 is 0 Å². The molecule has 0 fully saturated rings. The fourth-order valence-electron chi connectivity index (χ4n) is 2.12. The van der Waals surface area contributed by atoms with Crippen molar-refractivity contribution in [1.82, 2.24) is 0 Å². The lowest BCUT2D eigenvalue weighted by Gasteiger charge is -2.10. The van der Waals surface area contributed by atoms with E-state index in [1.807, 2.05) is 0 Å². The van der Waals surface area contributed by atoms with Crippen LogP contribution in [0.25, 0.3) is 0 Å².